The molecule has 0 aromatic heterocycles. The van der Waals surface area contributed by atoms with Crippen molar-refractivity contribution in [2.75, 3.05) is 26.4 Å². The van der Waals surface area contributed by atoms with Crippen molar-refractivity contribution in [2.45, 2.75) is 31.8 Å². The number of rotatable bonds is 9. The first-order valence-electron chi connectivity index (χ1n) is 9.56. The lowest BCUT2D eigenvalue weighted by molar-refractivity contribution is 0.0794. The van der Waals surface area contributed by atoms with Crippen molar-refractivity contribution in [1.82, 2.24) is 0 Å². The molecule has 0 aromatic rings. The summed E-state index contributed by atoms with van der Waals surface area (Å²) in [6.07, 6.45) is 14.3. The molecule has 134 valence electrons. The zero-order valence-electron chi connectivity index (χ0n) is 14.8. The van der Waals surface area contributed by atoms with Gasteiger partial charge in [0.05, 0.1) is 19.8 Å². The summed E-state index contributed by atoms with van der Waals surface area (Å²) in [7, 11) is 0. The summed E-state index contributed by atoms with van der Waals surface area (Å²) in [5, 5.41) is 0. The molecule has 3 heteroatoms. The van der Waals surface area contributed by atoms with E-state index in [1.807, 2.05) is 0 Å². The first-order chi connectivity index (χ1) is 11.7. The maximum Gasteiger partial charge on any atom is 0.104 e. The van der Waals surface area contributed by atoms with Gasteiger partial charge in [0.1, 0.15) is 6.10 Å². The fraction of sp³-hybridized carbons (Fsp3) is 0.714. The molecular formula is C21H33NO2. The van der Waals surface area contributed by atoms with Crippen LogP contribution in [0, 0.1) is 35.5 Å². The van der Waals surface area contributed by atoms with Crippen molar-refractivity contribution in [2.24, 2.45) is 41.2 Å². The largest absolute Gasteiger partial charge is 0.378 e. The molecule has 3 fully saturated rings. The quantitative estimate of drug-likeness (QED) is 0.519. The van der Waals surface area contributed by atoms with Crippen LogP contribution in [-0.2, 0) is 9.47 Å². The molecule has 1 saturated heterocycles. The Morgan fingerprint density at radius 2 is 1.67 bits per heavy atom. The van der Waals surface area contributed by atoms with E-state index in [0.717, 1.165) is 26.4 Å². The van der Waals surface area contributed by atoms with E-state index in [1.165, 1.54) is 25.7 Å². The van der Waals surface area contributed by atoms with E-state index in [1.54, 1.807) is 0 Å². The molecule has 3 rings (SSSR count). The highest BCUT2D eigenvalue weighted by Crippen LogP contribution is 2.41. The van der Waals surface area contributed by atoms with Crippen LogP contribution < -0.4 is 5.73 Å². The maximum atomic E-state index is 5.97. The van der Waals surface area contributed by atoms with Crippen molar-refractivity contribution in [3.05, 3.63) is 37.5 Å². The van der Waals surface area contributed by atoms with Gasteiger partial charge in [0.15, 0.2) is 0 Å². The first-order valence-corrected chi connectivity index (χ1v) is 9.56. The van der Waals surface area contributed by atoms with Crippen molar-refractivity contribution < 1.29 is 9.47 Å². The van der Waals surface area contributed by atoms with E-state index in [4.69, 9.17) is 15.2 Å². The zero-order valence-corrected chi connectivity index (χ0v) is 14.8. The van der Waals surface area contributed by atoms with Crippen LogP contribution in [0.25, 0.3) is 0 Å². The molecule has 7 atom stereocenters. The van der Waals surface area contributed by atoms with E-state index in [9.17, 15) is 0 Å². The van der Waals surface area contributed by atoms with Crippen LogP contribution in [0.1, 0.15) is 25.7 Å². The molecule has 0 amide bonds. The van der Waals surface area contributed by atoms with Gasteiger partial charge in [-0.05, 0) is 67.7 Å². The smallest absolute Gasteiger partial charge is 0.104 e. The molecule has 0 radical (unpaired) electrons. The zero-order chi connectivity index (χ0) is 16.9. The Morgan fingerprint density at radius 3 is 2.33 bits per heavy atom. The molecule has 2 saturated carbocycles. The van der Waals surface area contributed by atoms with E-state index in [-0.39, 0.29) is 0 Å². The molecule has 0 aromatic carbocycles. The summed E-state index contributed by atoms with van der Waals surface area (Å²) in [6, 6.07) is 0. The number of ether oxygens (including phenoxy) is 2. The van der Waals surface area contributed by atoms with Crippen molar-refractivity contribution in [3.63, 3.8) is 0 Å². The highest BCUT2D eigenvalue weighted by molar-refractivity contribution is 5.06. The monoisotopic (exact) mass is 331 g/mol. The van der Waals surface area contributed by atoms with Gasteiger partial charge in [0, 0.05) is 0 Å². The Kier molecular flexibility index (Phi) is 6.31. The lowest BCUT2D eigenvalue weighted by Crippen LogP contribution is -2.17. The number of hydrogen-bond donors (Lipinski definition) is 1. The van der Waals surface area contributed by atoms with Gasteiger partial charge in [-0.15, -0.1) is 13.2 Å². The molecular weight excluding hydrogens is 298 g/mol. The van der Waals surface area contributed by atoms with Gasteiger partial charge in [0.2, 0.25) is 0 Å². The van der Waals surface area contributed by atoms with Gasteiger partial charge in [-0.3, -0.25) is 0 Å². The standard InChI is InChI=1S/C21H33NO2/c1-3-15-7-18(19(8-15)11-22)6-5-16-9-17(4-2)20(10-16)12-23-13-21-14-24-21/h3-6,15-21H,1-2,7-14,22H2/b6-5-. The summed E-state index contributed by atoms with van der Waals surface area (Å²) in [5.74, 6) is 3.73. The van der Waals surface area contributed by atoms with Gasteiger partial charge in [-0.25, -0.2) is 0 Å². The third kappa shape index (κ3) is 4.59. The van der Waals surface area contributed by atoms with E-state index in [2.05, 4.69) is 37.5 Å². The van der Waals surface area contributed by atoms with Crippen molar-refractivity contribution in [1.29, 1.82) is 0 Å². The van der Waals surface area contributed by atoms with E-state index < -0.39 is 0 Å². The Labute approximate surface area is 147 Å². The molecule has 2 aliphatic carbocycles. The fourth-order valence-electron chi connectivity index (χ4n) is 4.56. The lowest BCUT2D eigenvalue weighted by Gasteiger charge is -2.15. The first kappa shape index (κ1) is 17.9. The van der Waals surface area contributed by atoms with Crippen LogP contribution in [0.4, 0.5) is 0 Å². The number of allylic oxidation sites excluding steroid dienone is 4. The maximum absolute atomic E-state index is 5.97. The number of hydrogen-bond acceptors (Lipinski definition) is 3. The van der Waals surface area contributed by atoms with Crippen LogP contribution >= 0.6 is 0 Å². The minimum atomic E-state index is 0.359. The third-order valence-corrected chi connectivity index (χ3v) is 6.18. The second-order valence-electron chi connectivity index (χ2n) is 7.90. The summed E-state index contributed by atoms with van der Waals surface area (Å²) in [4.78, 5) is 0. The highest BCUT2D eigenvalue weighted by atomic mass is 16.6. The molecule has 24 heavy (non-hydrogen) atoms. The minimum Gasteiger partial charge on any atom is -0.378 e. The van der Waals surface area contributed by atoms with Crippen LogP contribution in [0.2, 0.25) is 0 Å². The van der Waals surface area contributed by atoms with Crippen molar-refractivity contribution in [3.8, 4) is 0 Å². The summed E-state index contributed by atoms with van der Waals surface area (Å²) in [5.41, 5.74) is 5.97. The van der Waals surface area contributed by atoms with Crippen molar-refractivity contribution >= 4 is 0 Å². The molecule has 3 nitrogen and oxygen atoms in total. The Morgan fingerprint density at radius 1 is 0.917 bits per heavy atom. The lowest BCUT2D eigenvalue weighted by atomic mass is 9.93. The average molecular weight is 332 g/mol. The number of nitrogens with two attached hydrogens (primary N) is 1. The predicted molar refractivity (Wildman–Crippen MR) is 98.6 cm³/mol. The third-order valence-electron chi connectivity index (χ3n) is 6.18. The van der Waals surface area contributed by atoms with Gasteiger partial charge in [-0.1, -0.05) is 24.3 Å². The molecule has 1 aliphatic heterocycles. The Balaban J connectivity index is 1.49. The second-order valence-corrected chi connectivity index (χ2v) is 7.90. The van der Waals surface area contributed by atoms with Crippen LogP contribution in [0.3, 0.4) is 0 Å². The molecule has 7 unspecified atom stereocenters. The Bertz CT molecular complexity index is 457. The van der Waals surface area contributed by atoms with Gasteiger partial charge < -0.3 is 15.2 Å². The molecule has 3 aliphatic rings. The highest BCUT2D eigenvalue weighted by Gasteiger charge is 2.33. The summed E-state index contributed by atoms with van der Waals surface area (Å²) < 4.78 is 11.0. The van der Waals surface area contributed by atoms with Crippen LogP contribution in [-0.4, -0.2) is 32.5 Å². The summed E-state index contributed by atoms with van der Waals surface area (Å²) in [6.45, 7) is 11.3. The van der Waals surface area contributed by atoms with E-state index >= 15 is 0 Å². The molecule has 1 heterocycles. The predicted octanol–water partition coefficient (Wildman–Crippen LogP) is 3.57. The molecule has 0 bridgehead atoms. The van der Waals surface area contributed by atoms with Gasteiger partial charge >= 0.3 is 0 Å². The molecule has 2 N–H and O–H groups in total. The van der Waals surface area contributed by atoms with Gasteiger partial charge in [-0.2, -0.15) is 0 Å². The van der Waals surface area contributed by atoms with Crippen LogP contribution in [0.5, 0.6) is 0 Å². The normalized spacial score (nSPS) is 41.8. The topological polar surface area (TPSA) is 47.8 Å². The Hall–Kier alpha value is -0.900. The summed E-state index contributed by atoms with van der Waals surface area (Å²) >= 11 is 0. The SMILES string of the molecule is C=CC1CC(/C=C\C2CC(C=C)C(COCC3CO3)C2)C(CN)C1. The van der Waals surface area contributed by atoms with Crippen LogP contribution in [0.15, 0.2) is 37.5 Å². The molecule has 0 spiro atoms. The average Bonchev–Trinajstić information content (AvgIpc) is 3.20. The minimum absolute atomic E-state index is 0.359. The van der Waals surface area contributed by atoms with E-state index in [0.29, 0.717) is 41.6 Å². The fourth-order valence-corrected chi connectivity index (χ4v) is 4.56. The second kappa shape index (κ2) is 8.46. The number of epoxide rings is 1. The van der Waals surface area contributed by atoms with Gasteiger partial charge in [0.25, 0.3) is 0 Å².